The number of hydrogen-bond acceptors (Lipinski definition) is 4. The average Bonchev–Trinajstić information content (AvgIpc) is 2.06. The molecule has 0 bridgehead atoms. The molecule has 1 fully saturated rings. The van der Waals surface area contributed by atoms with Crippen LogP contribution in [0.25, 0.3) is 0 Å². The Hall–Kier alpha value is -0.130. The van der Waals surface area contributed by atoms with Gasteiger partial charge in [-0.25, -0.2) is 8.42 Å². The Kier molecular flexibility index (Phi) is 4.34. The van der Waals surface area contributed by atoms with Crippen LogP contribution in [0.3, 0.4) is 0 Å². The molecule has 0 amide bonds. The van der Waals surface area contributed by atoms with Gasteiger partial charge in [0.25, 0.3) is 0 Å². The summed E-state index contributed by atoms with van der Waals surface area (Å²) in [6.07, 6.45) is 3.71. The Balaban J connectivity index is 2.23. The van der Waals surface area contributed by atoms with Crippen LogP contribution >= 0.6 is 0 Å². The lowest BCUT2D eigenvalue weighted by Crippen LogP contribution is -2.38. The molecule has 4 nitrogen and oxygen atoms in total. The molecule has 5 heteroatoms. The molecule has 1 aliphatic rings. The molecule has 14 heavy (non-hydrogen) atoms. The van der Waals surface area contributed by atoms with E-state index in [0.717, 1.165) is 19.4 Å². The molecule has 2 N–H and O–H groups in total. The van der Waals surface area contributed by atoms with Crippen LogP contribution in [0.2, 0.25) is 0 Å². The maximum atomic E-state index is 10.9. The molecule has 0 aromatic carbocycles. The van der Waals surface area contributed by atoms with Crippen molar-refractivity contribution in [3.05, 3.63) is 0 Å². The van der Waals surface area contributed by atoms with Crippen LogP contribution in [0, 0.1) is 5.92 Å². The molecular weight excluding hydrogens is 202 g/mol. The van der Waals surface area contributed by atoms with Crippen molar-refractivity contribution in [2.75, 3.05) is 25.2 Å². The van der Waals surface area contributed by atoms with E-state index >= 15 is 0 Å². The predicted octanol–water partition coefficient (Wildman–Crippen LogP) is 0.175. The number of sulfone groups is 1. The second-order valence-electron chi connectivity index (χ2n) is 4.06. The third-order valence-corrected chi connectivity index (χ3v) is 3.65. The number of hydrogen-bond donors (Lipinski definition) is 1. The summed E-state index contributed by atoms with van der Waals surface area (Å²) < 4.78 is 27.1. The van der Waals surface area contributed by atoms with Gasteiger partial charge in [-0.05, 0) is 25.2 Å². The zero-order valence-electron chi connectivity index (χ0n) is 8.61. The fourth-order valence-corrected chi connectivity index (χ4v) is 2.41. The SMILES string of the molecule is CS(=O)(=O)CCCC1COCCC1N. The lowest BCUT2D eigenvalue weighted by Gasteiger charge is -2.28. The lowest BCUT2D eigenvalue weighted by atomic mass is 9.92. The van der Waals surface area contributed by atoms with Crippen molar-refractivity contribution in [3.63, 3.8) is 0 Å². The van der Waals surface area contributed by atoms with Crippen molar-refractivity contribution in [3.8, 4) is 0 Å². The van der Waals surface area contributed by atoms with Crippen LogP contribution in [0.4, 0.5) is 0 Å². The zero-order valence-corrected chi connectivity index (χ0v) is 9.42. The Labute approximate surface area is 85.7 Å². The lowest BCUT2D eigenvalue weighted by molar-refractivity contribution is 0.0386. The van der Waals surface area contributed by atoms with Gasteiger partial charge in [-0.2, -0.15) is 0 Å². The van der Waals surface area contributed by atoms with E-state index in [0.29, 0.717) is 18.9 Å². The van der Waals surface area contributed by atoms with Gasteiger partial charge in [0.1, 0.15) is 9.84 Å². The highest BCUT2D eigenvalue weighted by atomic mass is 32.2. The van der Waals surface area contributed by atoms with E-state index in [-0.39, 0.29) is 11.8 Å². The van der Waals surface area contributed by atoms with Crippen molar-refractivity contribution in [2.45, 2.75) is 25.3 Å². The highest BCUT2D eigenvalue weighted by Gasteiger charge is 2.22. The van der Waals surface area contributed by atoms with Gasteiger partial charge in [0.15, 0.2) is 0 Å². The van der Waals surface area contributed by atoms with E-state index in [2.05, 4.69) is 0 Å². The monoisotopic (exact) mass is 221 g/mol. The molecule has 1 heterocycles. The van der Waals surface area contributed by atoms with Gasteiger partial charge in [-0.3, -0.25) is 0 Å². The minimum absolute atomic E-state index is 0.184. The van der Waals surface area contributed by atoms with Gasteiger partial charge >= 0.3 is 0 Å². The fourth-order valence-electron chi connectivity index (χ4n) is 1.72. The van der Waals surface area contributed by atoms with Gasteiger partial charge in [0.05, 0.1) is 6.61 Å². The molecule has 2 atom stereocenters. The van der Waals surface area contributed by atoms with Crippen LogP contribution in [-0.2, 0) is 14.6 Å². The first-order valence-electron chi connectivity index (χ1n) is 5.00. The summed E-state index contributed by atoms with van der Waals surface area (Å²) in [5.41, 5.74) is 5.90. The molecular formula is C9H19NO3S. The summed E-state index contributed by atoms with van der Waals surface area (Å²) in [5, 5.41) is 0. The third kappa shape index (κ3) is 4.39. The maximum Gasteiger partial charge on any atom is 0.147 e. The summed E-state index contributed by atoms with van der Waals surface area (Å²) in [4.78, 5) is 0. The van der Waals surface area contributed by atoms with Crippen LogP contribution in [0.15, 0.2) is 0 Å². The van der Waals surface area contributed by atoms with Crippen LogP contribution in [0.1, 0.15) is 19.3 Å². The number of ether oxygens (including phenoxy) is 1. The first kappa shape index (κ1) is 11.9. The smallest absolute Gasteiger partial charge is 0.147 e. The van der Waals surface area contributed by atoms with E-state index < -0.39 is 9.84 Å². The molecule has 0 spiro atoms. The van der Waals surface area contributed by atoms with Crippen molar-refractivity contribution >= 4 is 9.84 Å². The molecule has 0 aromatic heterocycles. The molecule has 0 aromatic rings. The molecule has 1 saturated heterocycles. The topological polar surface area (TPSA) is 69.4 Å². The standard InChI is InChI=1S/C9H19NO3S/c1-14(11,12)6-2-3-8-7-13-5-4-9(8)10/h8-9H,2-7,10H2,1H3. The Bertz CT molecular complexity index is 263. The Morgan fingerprint density at radius 3 is 2.79 bits per heavy atom. The van der Waals surface area contributed by atoms with Gasteiger partial charge in [0.2, 0.25) is 0 Å². The van der Waals surface area contributed by atoms with Gasteiger partial charge in [-0.1, -0.05) is 0 Å². The van der Waals surface area contributed by atoms with Gasteiger partial charge < -0.3 is 10.5 Å². The van der Waals surface area contributed by atoms with E-state index in [9.17, 15) is 8.42 Å². The number of nitrogens with two attached hydrogens (primary N) is 1. The highest BCUT2D eigenvalue weighted by Crippen LogP contribution is 2.18. The Morgan fingerprint density at radius 1 is 1.50 bits per heavy atom. The molecule has 1 rings (SSSR count). The first-order chi connectivity index (χ1) is 6.49. The zero-order chi connectivity index (χ0) is 10.6. The summed E-state index contributed by atoms with van der Waals surface area (Å²) in [6.45, 7) is 1.43. The minimum Gasteiger partial charge on any atom is -0.381 e. The summed E-state index contributed by atoms with van der Waals surface area (Å²) in [6, 6.07) is 0.184. The van der Waals surface area contributed by atoms with E-state index in [1.54, 1.807) is 0 Å². The molecule has 0 saturated carbocycles. The molecule has 0 radical (unpaired) electrons. The van der Waals surface area contributed by atoms with E-state index in [1.165, 1.54) is 6.26 Å². The normalized spacial score (nSPS) is 29.0. The van der Waals surface area contributed by atoms with Crippen molar-refractivity contribution in [2.24, 2.45) is 11.7 Å². The highest BCUT2D eigenvalue weighted by molar-refractivity contribution is 7.90. The van der Waals surface area contributed by atoms with Gasteiger partial charge in [-0.15, -0.1) is 0 Å². The second-order valence-corrected chi connectivity index (χ2v) is 6.32. The second kappa shape index (κ2) is 5.09. The molecule has 2 unspecified atom stereocenters. The quantitative estimate of drug-likeness (QED) is 0.735. The van der Waals surface area contributed by atoms with Crippen molar-refractivity contribution < 1.29 is 13.2 Å². The van der Waals surface area contributed by atoms with Gasteiger partial charge in [0, 0.05) is 24.7 Å². The predicted molar refractivity (Wildman–Crippen MR) is 55.8 cm³/mol. The summed E-state index contributed by atoms with van der Waals surface area (Å²) >= 11 is 0. The van der Waals surface area contributed by atoms with E-state index in [4.69, 9.17) is 10.5 Å². The summed E-state index contributed by atoms with van der Waals surface area (Å²) in [5.74, 6) is 0.599. The van der Waals surface area contributed by atoms with Crippen LogP contribution in [0.5, 0.6) is 0 Å². The number of rotatable bonds is 4. The largest absolute Gasteiger partial charge is 0.381 e. The molecule has 0 aliphatic carbocycles. The Morgan fingerprint density at radius 2 is 2.21 bits per heavy atom. The summed E-state index contributed by atoms with van der Waals surface area (Å²) in [7, 11) is -2.82. The van der Waals surface area contributed by atoms with E-state index in [1.807, 2.05) is 0 Å². The molecule has 1 aliphatic heterocycles. The fraction of sp³-hybridized carbons (Fsp3) is 1.00. The van der Waals surface area contributed by atoms with Crippen molar-refractivity contribution in [1.29, 1.82) is 0 Å². The maximum absolute atomic E-state index is 10.9. The minimum atomic E-state index is -2.82. The van der Waals surface area contributed by atoms with Crippen LogP contribution < -0.4 is 5.73 Å². The van der Waals surface area contributed by atoms with Crippen LogP contribution in [-0.4, -0.2) is 39.7 Å². The average molecular weight is 221 g/mol. The first-order valence-corrected chi connectivity index (χ1v) is 7.06. The van der Waals surface area contributed by atoms with Crippen molar-refractivity contribution in [1.82, 2.24) is 0 Å². The third-order valence-electron chi connectivity index (χ3n) is 2.62. The molecule has 84 valence electrons.